The van der Waals surface area contributed by atoms with Crippen LogP contribution in [0.3, 0.4) is 0 Å². The van der Waals surface area contributed by atoms with Crippen LogP contribution < -0.4 is 5.32 Å². The topological polar surface area (TPSA) is 28.2 Å². The molecule has 1 aliphatic heterocycles. The minimum atomic E-state index is 0.420. The highest BCUT2D eigenvalue weighted by Crippen LogP contribution is 2.23. The molecule has 0 aliphatic carbocycles. The molecule has 1 aliphatic rings. The fraction of sp³-hybridized carbons (Fsp3) is 0.769. The van der Waals surface area contributed by atoms with E-state index in [9.17, 15) is 0 Å². The lowest BCUT2D eigenvalue weighted by Crippen LogP contribution is -2.42. The third kappa shape index (κ3) is 3.27. The smallest absolute Gasteiger partial charge is 0.0795 e. The highest BCUT2D eigenvalue weighted by Gasteiger charge is 2.24. The van der Waals surface area contributed by atoms with Crippen LogP contribution in [0.1, 0.15) is 45.3 Å². The summed E-state index contributed by atoms with van der Waals surface area (Å²) >= 11 is 1.69. The zero-order valence-corrected chi connectivity index (χ0v) is 11.8. The van der Waals surface area contributed by atoms with Crippen LogP contribution in [-0.4, -0.2) is 35.1 Å². The average Bonchev–Trinajstić information content (AvgIpc) is 2.97. The largest absolute Gasteiger partial charge is 0.313 e. The van der Waals surface area contributed by atoms with Crippen molar-refractivity contribution in [3.63, 3.8) is 0 Å². The van der Waals surface area contributed by atoms with Crippen molar-refractivity contribution in [1.82, 2.24) is 15.2 Å². The second kappa shape index (κ2) is 5.94. The van der Waals surface area contributed by atoms with Crippen molar-refractivity contribution < 1.29 is 0 Å². The summed E-state index contributed by atoms with van der Waals surface area (Å²) in [7, 11) is 0. The second-order valence-electron chi connectivity index (χ2n) is 5.17. The quantitative estimate of drug-likeness (QED) is 0.874. The van der Waals surface area contributed by atoms with Gasteiger partial charge in [-0.3, -0.25) is 4.90 Å². The van der Waals surface area contributed by atoms with Crippen LogP contribution in [0.4, 0.5) is 0 Å². The van der Waals surface area contributed by atoms with E-state index in [4.69, 9.17) is 0 Å². The maximum Gasteiger partial charge on any atom is 0.0795 e. The van der Waals surface area contributed by atoms with Crippen LogP contribution in [0.25, 0.3) is 0 Å². The third-order valence-electron chi connectivity index (χ3n) is 3.63. The molecule has 1 N–H and O–H groups in total. The van der Waals surface area contributed by atoms with E-state index in [1.54, 1.807) is 11.3 Å². The van der Waals surface area contributed by atoms with E-state index < -0.39 is 0 Å². The van der Waals surface area contributed by atoms with Crippen LogP contribution in [0.5, 0.6) is 0 Å². The Hall–Kier alpha value is -0.450. The van der Waals surface area contributed by atoms with E-state index >= 15 is 0 Å². The Labute approximate surface area is 108 Å². The van der Waals surface area contributed by atoms with E-state index in [2.05, 4.69) is 41.4 Å². The van der Waals surface area contributed by atoms with Crippen molar-refractivity contribution in [2.45, 2.75) is 51.7 Å². The van der Waals surface area contributed by atoms with Gasteiger partial charge in [-0.15, -0.1) is 11.3 Å². The molecule has 0 saturated carbocycles. The van der Waals surface area contributed by atoms with Crippen molar-refractivity contribution in [2.24, 2.45) is 0 Å². The Kier molecular flexibility index (Phi) is 4.54. The number of aromatic nitrogens is 1. The summed E-state index contributed by atoms with van der Waals surface area (Å²) in [4.78, 5) is 7.00. The fourth-order valence-corrected chi connectivity index (χ4v) is 3.22. The first-order chi connectivity index (χ1) is 8.18. The molecule has 1 fully saturated rings. The molecule has 17 heavy (non-hydrogen) atoms. The van der Waals surface area contributed by atoms with Gasteiger partial charge in [0.1, 0.15) is 0 Å². The molecule has 96 valence electrons. The van der Waals surface area contributed by atoms with Gasteiger partial charge in [-0.05, 0) is 40.2 Å². The molecule has 2 unspecified atom stereocenters. The Balaban J connectivity index is 2.00. The maximum absolute atomic E-state index is 4.45. The lowest BCUT2D eigenvalue weighted by molar-refractivity contribution is 0.147. The molecule has 3 nitrogen and oxygen atoms in total. The zero-order valence-electron chi connectivity index (χ0n) is 11.0. The molecule has 1 saturated heterocycles. The summed E-state index contributed by atoms with van der Waals surface area (Å²) in [6.45, 7) is 9.14. The van der Waals surface area contributed by atoms with Gasteiger partial charge in [0.15, 0.2) is 0 Å². The van der Waals surface area contributed by atoms with Gasteiger partial charge in [0.25, 0.3) is 0 Å². The van der Waals surface area contributed by atoms with Crippen LogP contribution in [0.2, 0.25) is 0 Å². The van der Waals surface area contributed by atoms with E-state index in [1.807, 2.05) is 5.51 Å². The van der Waals surface area contributed by atoms with Gasteiger partial charge < -0.3 is 5.32 Å². The van der Waals surface area contributed by atoms with Crippen LogP contribution in [-0.2, 0) is 0 Å². The minimum absolute atomic E-state index is 0.420. The third-order valence-corrected chi connectivity index (χ3v) is 4.24. The lowest BCUT2D eigenvalue weighted by atomic mass is 10.1. The van der Waals surface area contributed by atoms with Crippen LogP contribution in [0.15, 0.2) is 10.9 Å². The Morgan fingerprint density at radius 1 is 1.53 bits per heavy atom. The van der Waals surface area contributed by atoms with E-state index in [1.165, 1.54) is 25.1 Å². The van der Waals surface area contributed by atoms with Gasteiger partial charge >= 0.3 is 0 Å². The van der Waals surface area contributed by atoms with Gasteiger partial charge in [0.05, 0.1) is 17.2 Å². The van der Waals surface area contributed by atoms with E-state index in [0.717, 1.165) is 6.54 Å². The van der Waals surface area contributed by atoms with Gasteiger partial charge in [-0.1, -0.05) is 0 Å². The lowest BCUT2D eigenvalue weighted by Gasteiger charge is -2.34. The monoisotopic (exact) mass is 253 g/mol. The van der Waals surface area contributed by atoms with Gasteiger partial charge in [0, 0.05) is 24.0 Å². The molecule has 2 atom stereocenters. The van der Waals surface area contributed by atoms with Crippen LogP contribution >= 0.6 is 11.3 Å². The molecule has 4 heteroatoms. The van der Waals surface area contributed by atoms with Gasteiger partial charge in [-0.2, -0.15) is 0 Å². The zero-order chi connectivity index (χ0) is 12.3. The Bertz CT molecular complexity index is 317. The second-order valence-corrected chi connectivity index (χ2v) is 5.89. The Morgan fingerprint density at radius 3 is 2.88 bits per heavy atom. The summed E-state index contributed by atoms with van der Waals surface area (Å²) in [5.41, 5.74) is 3.14. The van der Waals surface area contributed by atoms with Crippen molar-refractivity contribution in [1.29, 1.82) is 0 Å². The van der Waals surface area contributed by atoms with E-state index in [0.29, 0.717) is 18.1 Å². The number of nitrogens with one attached hydrogen (secondary N) is 1. The summed E-state index contributed by atoms with van der Waals surface area (Å²) in [5.74, 6) is 0. The predicted octanol–water partition coefficient (Wildman–Crippen LogP) is 2.67. The number of hydrogen-bond acceptors (Lipinski definition) is 4. The first kappa shape index (κ1) is 13.0. The summed E-state index contributed by atoms with van der Waals surface area (Å²) in [5, 5.41) is 5.75. The molecule has 0 aromatic carbocycles. The molecule has 0 amide bonds. The first-order valence-electron chi connectivity index (χ1n) is 6.55. The predicted molar refractivity (Wildman–Crippen MR) is 73.4 cm³/mol. The van der Waals surface area contributed by atoms with Crippen molar-refractivity contribution in [3.05, 3.63) is 16.6 Å². The number of nitrogens with zero attached hydrogens (tertiary/aromatic N) is 2. The molecule has 1 aromatic heterocycles. The minimum Gasteiger partial charge on any atom is -0.313 e. The Morgan fingerprint density at radius 2 is 2.35 bits per heavy atom. The highest BCUT2D eigenvalue weighted by atomic mass is 32.1. The van der Waals surface area contributed by atoms with E-state index in [-0.39, 0.29) is 0 Å². The molecular weight excluding hydrogens is 230 g/mol. The molecule has 0 spiro atoms. The fourth-order valence-electron chi connectivity index (χ4n) is 2.58. The molecule has 0 radical (unpaired) electrons. The van der Waals surface area contributed by atoms with Gasteiger partial charge in [-0.25, -0.2) is 4.98 Å². The first-order valence-corrected chi connectivity index (χ1v) is 7.50. The van der Waals surface area contributed by atoms with Crippen molar-refractivity contribution in [3.8, 4) is 0 Å². The normalized spacial score (nSPS) is 22.5. The number of thiazole rings is 1. The molecular formula is C13H23N3S. The van der Waals surface area contributed by atoms with Crippen molar-refractivity contribution in [2.75, 3.05) is 13.1 Å². The molecule has 2 heterocycles. The number of rotatable bonds is 5. The van der Waals surface area contributed by atoms with Gasteiger partial charge in [0.2, 0.25) is 0 Å². The maximum atomic E-state index is 4.45. The van der Waals surface area contributed by atoms with Crippen molar-refractivity contribution >= 4 is 11.3 Å². The summed E-state index contributed by atoms with van der Waals surface area (Å²) < 4.78 is 0. The molecule has 0 bridgehead atoms. The standard InChI is InChI=1S/C13H23N3S/c1-10(2)16(7-12-5-4-6-14-12)11(3)13-8-17-9-15-13/h8-12,14H,4-7H2,1-3H3. The highest BCUT2D eigenvalue weighted by molar-refractivity contribution is 7.07. The van der Waals surface area contributed by atoms with Crippen LogP contribution in [0, 0.1) is 0 Å². The summed E-state index contributed by atoms with van der Waals surface area (Å²) in [6, 6.07) is 1.65. The average molecular weight is 253 g/mol. The SMILES string of the molecule is CC(C)N(CC1CCCN1)C(C)c1cscn1. The molecule has 2 rings (SSSR count). The molecule has 1 aromatic rings. The summed E-state index contributed by atoms with van der Waals surface area (Å²) in [6.07, 6.45) is 2.63. The number of hydrogen-bond donors (Lipinski definition) is 1.